The predicted molar refractivity (Wildman–Crippen MR) is 85.5 cm³/mol. The number of hydrogen-bond donors (Lipinski definition) is 0. The van der Waals surface area contributed by atoms with E-state index in [9.17, 15) is 8.42 Å². The lowest BCUT2D eigenvalue weighted by atomic mass is 10.3. The second-order valence-corrected chi connectivity index (χ2v) is 8.11. The monoisotopic (exact) mass is 342 g/mol. The van der Waals surface area contributed by atoms with Crippen molar-refractivity contribution in [3.63, 3.8) is 0 Å². The Hall–Kier alpha value is -1.09. The zero-order valence-corrected chi connectivity index (χ0v) is 13.7. The number of hydrogen-bond acceptors (Lipinski definition) is 6. The number of aromatic nitrogens is 1. The molecule has 0 bridgehead atoms. The summed E-state index contributed by atoms with van der Waals surface area (Å²) in [5.41, 5.74) is 1.58. The molecule has 0 radical (unpaired) electrons. The molecule has 1 aromatic carbocycles. The van der Waals surface area contributed by atoms with E-state index in [-0.39, 0.29) is 5.75 Å². The van der Waals surface area contributed by atoms with Crippen molar-refractivity contribution in [2.45, 2.75) is 11.6 Å². The van der Waals surface area contributed by atoms with Crippen LogP contribution < -0.4 is 0 Å². The molecule has 0 aliphatic carbocycles. The first-order chi connectivity index (χ1) is 10.6. The molecule has 8 heteroatoms. The molecule has 120 valence electrons. The summed E-state index contributed by atoms with van der Waals surface area (Å²) < 4.78 is 36.6. The molecular weight excluding hydrogens is 324 g/mol. The fourth-order valence-electron chi connectivity index (χ4n) is 2.27. The van der Waals surface area contributed by atoms with Crippen LogP contribution in [0, 0.1) is 0 Å². The van der Waals surface area contributed by atoms with E-state index in [0.717, 1.165) is 11.1 Å². The van der Waals surface area contributed by atoms with Gasteiger partial charge < -0.3 is 9.15 Å². The van der Waals surface area contributed by atoms with Gasteiger partial charge in [-0.1, -0.05) is 23.9 Å². The molecule has 22 heavy (non-hydrogen) atoms. The Morgan fingerprint density at radius 1 is 1.23 bits per heavy atom. The lowest BCUT2D eigenvalue weighted by Gasteiger charge is -2.25. The maximum absolute atomic E-state index is 12.2. The fraction of sp³-hybridized carbons (Fsp3) is 0.500. The van der Waals surface area contributed by atoms with Crippen LogP contribution in [0.1, 0.15) is 6.42 Å². The second-order valence-electron chi connectivity index (χ2n) is 4.98. The highest BCUT2D eigenvalue weighted by Crippen LogP contribution is 2.23. The van der Waals surface area contributed by atoms with Crippen LogP contribution >= 0.6 is 11.8 Å². The van der Waals surface area contributed by atoms with Crippen LogP contribution in [-0.2, 0) is 14.8 Å². The summed E-state index contributed by atoms with van der Waals surface area (Å²) in [7, 11) is -3.17. The Labute approximate surface area is 133 Å². The largest absolute Gasteiger partial charge is 0.431 e. The molecule has 2 heterocycles. The summed E-state index contributed by atoms with van der Waals surface area (Å²) >= 11 is 1.45. The topological polar surface area (TPSA) is 72.6 Å². The minimum atomic E-state index is -3.17. The first-order valence-electron chi connectivity index (χ1n) is 7.19. The molecule has 1 fully saturated rings. The molecule has 6 nitrogen and oxygen atoms in total. The highest BCUT2D eigenvalue weighted by molar-refractivity contribution is 7.99. The molecule has 1 aliphatic rings. The van der Waals surface area contributed by atoms with Crippen LogP contribution in [0.5, 0.6) is 0 Å². The Bertz CT molecular complexity index is 690. The third-order valence-corrected chi connectivity index (χ3v) is 6.28. The maximum atomic E-state index is 12.2. The van der Waals surface area contributed by atoms with Gasteiger partial charge in [0.25, 0.3) is 5.22 Å². The lowest BCUT2D eigenvalue weighted by Crippen LogP contribution is -2.41. The van der Waals surface area contributed by atoms with E-state index in [2.05, 4.69) is 4.98 Å². The van der Waals surface area contributed by atoms with E-state index in [1.807, 2.05) is 24.3 Å². The molecule has 2 aromatic rings. The quantitative estimate of drug-likeness (QED) is 0.590. The van der Waals surface area contributed by atoms with Crippen LogP contribution in [0.2, 0.25) is 0 Å². The van der Waals surface area contributed by atoms with Crippen LogP contribution in [0.3, 0.4) is 0 Å². The number of benzene rings is 1. The molecule has 0 spiro atoms. The third-order valence-electron chi connectivity index (χ3n) is 3.41. The van der Waals surface area contributed by atoms with Gasteiger partial charge in [-0.25, -0.2) is 13.4 Å². The van der Waals surface area contributed by atoms with Crippen molar-refractivity contribution in [1.82, 2.24) is 9.29 Å². The molecule has 1 aromatic heterocycles. The maximum Gasteiger partial charge on any atom is 0.256 e. The van der Waals surface area contributed by atoms with E-state index in [1.165, 1.54) is 16.1 Å². The minimum Gasteiger partial charge on any atom is -0.431 e. The van der Waals surface area contributed by atoms with Gasteiger partial charge in [0.1, 0.15) is 5.52 Å². The van der Waals surface area contributed by atoms with Gasteiger partial charge in [0.05, 0.1) is 19.0 Å². The van der Waals surface area contributed by atoms with E-state index in [0.29, 0.717) is 43.7 Å². The smallest absolute Gasteiger partial charge is 0.256 e. The van der Waals surface area contributed by atoms with E-state index in [4.69, 9.17) is 9.15 Å². The molecule has 3 rings (SSSR count). The van der Waals surface area contributed by atoms with Crippen LogP contribution in [0.25, 0.3) is 11.1 Å². The highest BCUT2D eigenvalue weighted by Gasteiger charge is 2.23. The molecule has 0 unspecified atom stereocenters. The van der Waals surface area contributed by atoms with Gasteiger partial charge in [0.2, 0.25) is 10.0 Å². The highest BCUT2D eigenvalue weighted by atomic mass is 32.2. The average Bonchev–Trinajstić information content (AvgIpc) is 2.95. The second kappa shape index (κ2) is 6.99. The third kappa shape index (κ3) is 3.81. The summed E-state index contributed by atoms with van der Waals surface area (Å²) in [6, 6.07) is 7.58. The van der Waals surface area contributed by atoms with Crippen molar-refractivity contribution in [3.05, 3.63) is 24.3 Å². The van der Waals surface area contributed by atoms with Gasteiger partial charge in [0, 0.05) is 18.8 Å². The Kier molecular flexibility index (Phi) is 5.02. The zero-order valence-electron chi connectivity index (χ0n) is 12.1. The minimum absolute atomic E-state index is 0.153. The van der Waals surface area contributed by atoms with Gasteiger partial charge in [-0.3, -0.25) is 0 Å². The fourth-order valence-corrected chi connectivity index (χ4v) is 4.70. The van der Waals surface area contributed by atoms with Crippen molar-refractivity contribution < 1.29 is 17.6 Å². The first kappa shape index (κ1) is 15.8. The number of oxazole rings is 1. The number of ether oxygens (including phenoxy) is 1. The van der Waals surface area contributed by atoms with E-state index in [1.54, 1.807) is 0 Å². The van der Waals surface area contributed by atoms with Crippen molar-refractivity contribution in [3.8, 4) is 0 Å². The summed E-state index contributed by atoms with van der Waals surface area (Å²) in [5, 5.41) is 0.588. The first-order valence-corrected chi connectivity index (χ1v) is 9.78. The molecule has 1 saturated heterocycles. The molecule has 0 saturated carbocycles. The Morgan fingerprint density at radius 3 is 2.77 bits per heavy atom. The molecule has 0 atom stereocenters. The Morgan fingerprint density at radius 2 is 2.00 bits per heavy atom. The van der Waals surface area contributed by atoms with Gasteiger partial charge in [-0.15, -0.1) is 0 Å². The van der Waals surface area contributed by atoms with Crippen LogP contribution in [0.15, 0.2) is 33.9 Å². The number of para-hydroxylation sites is 2. The number of fused-ring (bicyclic) bond motifs is 1. The molecule has 0 amide bonds. The lowest BCUT2D eigenvalue weighted by molar-refractivity contribution is 0.0730. The number of thioether (sulfide) groups is 1. The van der Waals surface area contributed by atoms with Gasteiger partial charge in [-0.2, -0.15) is 4.31 Å². The van der Waals surface area contributed by atoms with Crippen LogP contribution in [0.4, 0.5) is 0 Å². The summed E-state index contributed by atoms with van der Waals surface area (Å²) in [4.78, 5) is 4.36. The zero-order chi connectivity index (χ0) is 15.4. The number of rotatable bonds is 6. The predicted octanol–water partition coefficient (Wildman–Crippen LogP) is 1.97. The van der Waals surface area contributed by atoms with Gasteiger partial charge in [-0.05, 0) is 18.6 Å². The van der Waals surface area contributed by atoms with Gasteiger partial charge in [0.15, 0.2) is 5.58 Å². The van der Waals surface area contributed by atoms with Crippen LogP contribution in [-0.4, -0.2) is 55.5 Å². The number of nitrogens with zero attached hydrogens (tertiary/aromatic N) is 2. The molecular formula is C14H18N2O4S2. The average molecular weight is 342 g/mol. The standard InChI is InChI=1S/C14H18N2O4S2/c17-22(18,16-6-8-19-9-7-16)11-3-10-21-14-15-12-4-1-2-5-13(12)20-14/h1-2,4-5H,3,6-11H2. The molecule has 1 aliphatic heterocycles. The Balaban J connectivity index is 1.48. The van der Waals surface area contributed by atoms with Crippen molar-refractivity contribution in [2.75, 3.05) is 37.8 Å². The summed E-state index contributed by atoms with van der Waals surface area (Å²) in [5.74, 6) is 0.816. The van der Waals surface area contributed by atoms with Crippen molar-refractivity contribution in [1.29, 1.82) is 0 Å². The van der Waals surface area contributed by atoms with E-state index < -0.39 is 10.0 Å². The number of sulfonamides is 1. The van der Waals surface area contributed by atoms with Gasteiger partial charge >= 0.3 is 0 Å². The molecule has 0 N–H and O–H groups in total. The van der Waals surface area contributed by atoms with E-state index >= 15 is 0 Å². The SMILES string of the molecule is O=S(=O)(CCCSc1nc2ccccc2o1)N1CCOCC1. The number of morpholine rings is 1. The normalized spacial score (nSPS) is 17.1. The van der Waals surface area contributed by atoms with Crippen molar-refractivity contribution >= 4 is 32.9 Å². The summed E-state index contributed by atoms with van der Waals surface area (Å²) in [6.45, 7) is 1.88. The van der Waals surface area contributed by atoms with Crippen molar-refractivity contribution in [2.24, 2.45) is 0 Å². The summed E-state index contributed by atoms with van der Waals surface area (Å²) in [6.07, 6.45) is 0.573.